The summed E-state index contributed by atoms with van der Waals surface area (Å²) >= 11 is 0. The molecule has 0 amide bonds. The summed E-state index contributed by atoms with van der Waals surface area (Å²) < 4.78 is 5.41. The van der Waals surface area contributed by atoms with Gasteiger partial charge in [0.15, 0.2) is 17.1 Å². The second-order valence-corrected chi connectivity index (χ2v) is 6.30. The second kappa shape index (κ2) is 5.38. The molecule has 3 heterocycles. The first kappa shape index (κ1) is 14.3. The number of rotatable bonds is 3. The van der Waals surface area contributed by atoms with Crippen molar-refractivity contribution in [2.24, 2.45) is 0 Å². The Kier molecular flexibility index (Phi) is 3.34. The van der Waals surface area contributed by atoms with E-state index in [1.165, 1.54) is 0 Å². The van der Waals surface area contributed by atoms with Crippen LogP contribution in [0.2, 0.25) is 0 Å². The van der Waals surface area contributed by atoms with Crippen molar-refractivity contribution in [3.63, 3.8) is 0 Å². The number of aliphatic hydroxyl groups excluding tert-OH is 1. The molecule has 4 rings (SSSR count). The molecular weight excluding hydrogens is 296 g/mol. The molecule has 2 N–H and O–H groups in total. The standard InChI is InChI=1S/C17H18N2O4/c20-13-8-11-6-7-12(9-13)19(11)16-14(17(21)22)15(23-18-16)10-4-2-1-3-5-10/h1-5,11-13,20H,6-9H2,(H,21,22)/t11-,12+,13?. The van der Waals surface area contributed by atoms with Crippen molar-refractivity contribution < 1.29 is 19.5 Å². The minimum Gasteiger partial charge on any atom is -0.477 e. The van der Waals surface area contributed by atoms with Gasteiger partial charge in [-0.25, -0.2) is 4.79 Å². The summed E-state index contributed by atoms with van der Waals surface area (Å²) in [4.78, 5) is 13.9. The Labute approximate surface area is 133 Å². The number of anilines is 1. The lowest BCUT2D eigenvalue weighted by Gasteiger charge is -2.37. The van der Waals surface area contributed by atoms with Crippen molar-refractivity contribution in [1.82, 2.24) is 5.16 Å². The topological polar surface area (TPSA) is 86.8 Å². The molecule has 1 unspecified atom stereocenters. The molecular formula is C17H18N2O4. The van der Waals surface area contributed by atoms with Crippen molar-refractivity contribution in [1.29, 1.82) is 0 Å². The smallest absolute Gasteiger partial charge is 0.343 e. The van der Waals surface area contributed by atoms with Gasteiger partial charge < -0.3 is 19.6 Å². The van der Waals surface area contributed by atoms with E-state index in [9.17, 15) is 15.0 Å². The molecule has 3 atom stereocenters. The van der Waals surface area contributed by atoms with Crippen molar-refractivity contribution >= 4 is 11.8 Å². The Bertz CT molecular complexity index is 713. The molecule has 2 aliphatic rings. The minimum absolute atomic E-state index is 0.115. The molecule has 0 spiro atoms. The summed E-state index contributed by atoms with van der Waals surface area (Å²) in [5.74, 6) is -0.347. The monoisotopic (exact) mass is 314 g/mol. The second-order valence-electron chi connectivity index (χ2n) is 6.30. The highest BCUT2D eigenvalue weighted by Crippen LogP contribution is 2.42. The van der Waals surface area contributed by atoms with E-state index in [0.29, 0.717) is 30.0 Å². The molecule has 0 radical (unpaired) electrons. The fourth-order valence-corrected chi connectivity index (χ4v) is 3.93. The Morgan fingerprint density at radius 3 is 2.43 bits per heavy atom. The first-order chi connectivity index (χ1) is 11.1. The number of benzene rings is 1. The lowest BCUT2D eigenvalue weighted by molar-refractivity contribution is 0.0697. The maximum Gasteiger partial charge on any atom is 0.343 e. The number of aromatic nitrogens is 1. The van der Waals surface area contributed by atoms with Gasteiger partial charge in [-0.3, -0.25) is 0 Å². The molecule has 2 fully saturated rings. The number of hydrogen-bond donors (Lipinski definition) is 2. The van der Waals surface area contributed by atoms with E-state index in [-0.39, 0.29) is 23.8 Å². The highest BCUT2D eigenvalue weighted by atomic mass is 16.5. The van der Waals surface area contributed by atoms with Crippen molar-refractivity contribution in [3.8, 4) is 11.3 Å². The number of aliphatic hydroxyl groups is 1. The van der Waals surface area contributed by atoms with Gasteiger partial charge >= 0.3 is 5.97 Å². The Hall–Kier alpha value is -2.34. The third-order valence-corrected chi connectivity index (χ3v) is 4.88. The van der Waals surface area contributed by atoms with E-state index in [1.54, 1.807) is 0 Å². The van der Waals surface area contributed by atoms with Crippen LogP contribution in [0, 0.1) is 0 Å². The van der Waals surface area contributed by atoms with E-state index in [0.717, 1.165) is 12.8 Å². The highest BCUT2D eigenvalue weighted by Gasteiger charge is 2.43. The van der Waals surface area contributed by atoms with E-state index in [4.69, 9.17) is 4.52 Å². The number of hydrogen-bond acceptors (Lipinski definition) is 5. The summed E-state index contributed by atoms with van der Waals surface area (Å²) in [6.07, 6.45) is 2.91. The lowest BCUT2D eigenvalue weighted by atomic mass is 9.99. The minimum atomic E-state index is -1.04. The lowest BCUT2D eigenvalue weighted by Crippen LogP contribution is -2.45. The van der Waals surface area contributed by atoms with E-state index in [1.807, 2.05) is 35.2 Å². The molecule has 0 saturated carbocycles. The Morgan fingerprint density at radius 1 is 1.17 bits per heavy atom. The molecule has 2 aliphatic heterocycles. The van der Waals surface area contributed by atoms with E-state index >= 15 is 0 Å². The first-order valence-electron chi connectivity index (χ1n) is 7.90. The first-order valence-corrected chi connectivity index (χ1v) is 7.90. The number of carboxylic acids is 1. The fraction of sp³-hybridized carbons (Fsp3) is 0.412. The third kappa shape index (κ3) is 2.30. The van der Waals surface area contributed by atoms with Gasteiger partial charge in [-0.05, 0) is 25.7 Å². The average Bonchev–Trinajstić information content (AvgIpc) is 3.07. The number of aromatic carboxylic acids is 1. The zero-order valence-electron chi connectivity index (χ0n) is 12.6. The van der Waals surface area contributed by atoms with E-state index in [2.05, 4.69) is 5.16 Å². The van der Waals surface area contributed by atoms with Gasteiger partial charge in [0.2, 0.25) is 0 Å². The zero-order valence-corrected chi connectivity index (χ0v) is 12.6. The van der Waals surface area contributed by atoms with Crippen molar-refractivity contribution in [2.75, 3.05) is 4.90 Å². The number of fused-ring (bicyclic) bond motifs is 2. The van der Waals surface area contributed by atoms with Crippen LogP contribution < -0.4 is 4.90 Å². The summed E-state index contributed by atoms with van der Waals surface area (Å²) in [5.41, 5.74) is 0.817. The van der Waals surface area contributed by atoms with E-state index < -0.39 is 5.97 Å². The average molecular weight is 314 g/mol. The molecule has 2 aromatic rings. The number of carboxylic acid groups (broad SMARTS) is 1. The molecule has 2 saturated heterocycles. The van der Waals surface area contributed by atoms with Crippen LogP contribution in [0.4, 0.5) is 5.82 Å². The molecule has 6 heteroatoms. The predicted molar refractivity (Wildman–Crippen MR) is 83.4 cm³/mol. The summed E-state index contributed by atoms with van der Waals surface area (Å²) in [6, 6.07) is 9.43. The number of nitrogens with zero attached hydrogens (tertiary/aromatic N) is 2. The molecule has 6 nitrogen and oxygen atoms in total. The van der Waals surface area contributed by atoms with Gasteiger partial charge in [0.25, 0.3) is 0 Å². The molecule has 2 bridgehead atoms. The molecule has 0 aliphatic carbocycles. The Morgan fingerprint density at radius 2 is 1.83 bits per heavy atom. The van der Waals surface area contributed by atoms with Gasteiger partial charge in [-0.15, -0.1) is 0 Å². The zero-order chi connectivity index (χ0) is 16.0. The fourth-order valence-electron chi connectivity index (χ4n) is 3.93. The van der Waals surface area contributed by atoms with Gasteiger partial charge in [-0.2, -0.15) is 0 Å². The van der Waals surface area contributed by atoms with Crippen LogP contribution in [-0.4, -0.2) is 39.5 Å². The SMILES string of the molecule is O=C(O)c1c(N2[C@@H]3CC[C@H]2CC(O)C3)noc1-c1ccccc1. The normalized spacial score (nSPS) is 26.5. The molecule has 1 aromatic carbocycles. The van der Waals surface area contributed by atoms with Gasteiger partial charge in [0.1, 0.15) is 0 Å². The van der Waals surface area contributed by atoms with Crippen LogP contribution >= 0.6 is 0 Å². The maximum atomic E-state index is 11.8. The molecule has 23 heavy (non-hydrogen) atoms. The van der Waals surface area contributed by atoms with Crippen LogP contribution in [0.25, 0.3) is 11.3 Å². The number of carbonyl (C=O) groups is 1. The van der Waals surface area contributed by atoms with Gasteiger partial charge in [0.05, 0.1) is 6.10 Å². The van der Waals surface area contributed by atoms with Crippen LogP contribution in [-0.2, 0) is 0 Å². The van der Waals surface area contributed by atoms with Crippen LogP contribution in [0.5, 0.6) is 0 Å². The largest absolute Gasteiger partial charge is 0.477 e. The van der Waals surface area contributed by atoms with Crippen LogP contribution in [0.15, 0.2) is 34.9 Å². The highest BCUT2D eigenvalue weighted by molar-refractivity contribution is 5.99. The van der Waals surface area contributed by atoms with Crippen molar-refractivity contribution in [3.05, 3.63) is 35.9 Å². The maximum absolute atomic E-state index is 11.8. The molecule has 1 aromatic heterocycles. The molecule has 120 valence electrons. The van der Waals surface area contributed by atoms with Crippen LogP contribution in [0.1, 0.15) is 36.0 Å². The Balaban J connectivity index is 1.79. The summed E-state index contributed by atoms with van der Waals surface area (Å²) in [7, 11) is 0. The van der Waals surface area contributed by atoms with Crippen molar-refractivity contribution in [2.45, 2.75) is 43.9 Å². The third-order valence-electron chi connectivity index (χ3n) is 4.88. The van der Waals surface area contributed by atoms with Gasteiger partial charge in [-0.1, -0.05) is 35.5 Å². The van der Waals surface area contributed by atoms with Gasteiger partial charge in [0, 0.05) is 17.6 Å². The summed E-state index contributed by atoms with van der Waals surface area (Å²) in [5, 5.41) is 23.7. The van der Waals surface area contributed by atoms with Crippen LogP contribution in [0.3, 0.4) is 0 Å². The number of piperidine rings is 1. The summed E-state index contributed by atoms with van der Waals surface area (Å²) in [6.45, 7) is 0. The quantitative estimate of drug-likeness (QED) is 0.905. The predicted octanol–water partition coefficient (Wildman–Crippen LogP) is 2.53.